The van der Waals surface area contributed by atoms with Crippen molar-refractivity contribution in [3.05, 3.63) is 0 Å². The molecule has 152 valence electrons. The smallest absolute Gasteiger partial charge is 0.227 e. The van der Waals surface area contributed by atoms with E-state index in [4.69, 9.17) is 0 Å². The van der Waals surface area contributed by atoms with Crippen molar-refractivity contribution in [1.82, 2.24) is 9.21 Å². The highest BCUT2D eigenvalue weighted by molar-refractivity contribution is 7.91. The number of carbonyl (C=O) groups excluding carboxylic acids is 1. The van der Waals surface area contributed by atoms with Gasteiger partial charge in [-0.1, -0.05) is 20.3 Å². The van der Waals surface area contributed by atoms with E-state index in [0.717, 1.165) is 12.8 Å². The van der Waals surface area contributed by atoms with Crippen LogP contribution in [0.4, 0.5) is 0 Å². The summed E-state index contributed by atoms with van der Waals surface area (Å²) in [4.78, 5) is 14.9. The molecule has 26 heavy (non-hydrogen) atoms. The zero-order valence-electron chi connectivity index (χ0n) is 15.9. The fourth-order valence-electron chi connectivity index (χ4n) is 3.84. The largest absolute Gasteiger partial charge is 0.338 e. The van der Waals surface area contributed by atoms with Crippen LogP contribution in [0.2, 0.25) is 0 Å². The van der Waals surface area contributed by atoms with Gasteiger partial charge in [0.2, 0.25) is 15.9 Å². The molecule has 0 saturated carbocycles. The van der Waals surface area contributed by atoms with Crippen LogP contribution in [0.25, 0.3) is 0 Å². The molecule has 7 nitrogen and oxygen atoms in total. The van der Waals surface area contributed by atoms with Crippen molar-refractivity contribution in [3.8, 4) is 0 Å². The summed E-state index contributed by atoms with van der Waals surface area (Å²) in [5.41, 5.74) is 0. The number of unbranched alkanes of at least 4 members (excludes halogenated alkanes) is 1. The summed E-state index contributed by atoms with van der Waals surface area (Å²) in [7, 11) is -6.38. The third-order valence-electron chi connectivity index (χ3n) is 5.27. The van der Waals surface area contributed by atoms with Crippen LogP contribution in [0, 0.1) is 5.92 Å². The minimum absolute atomic E-state index is 0.0347. The topological polar surface area (TPSA) is 91.8 Å². The maximum Gasteiger partial charge on any atom is 0.227 e. The van der Waals surface area contributed by atoms with Crippen molar-refractivity contribution in [1.29, 1.82) is 0 Å². The Bertz CT molecular complexity index is 690. The van der Waals surface area contributed by atoms with Crippen LogP contribution in [0.15, 0.2) is 0 Å². The second-order valence-electron chi connectivity index (χ2n) is 7.46. The van der Waals surface area contributed by atoms with E-state index in [9.17, 15) is 21.6 Å². The fourth-order valence-corrected chi connectivity index (χ4v) is 7.16. The SMILES string of the molecule is CCCCN(C(=O)C1CCCN(S(=O)(=O)CCC)C1)C1CCS(=O)(=O)C1. The summed E-state index contributed by atoms with van der Waals surface area (Å²) in [5, 5.41) is 0. The summed E-state index contributed by atoms with van der Waals surface area (Å²) in [5.74, 6) is -0.163. The molecule has 0 spiro atoms. The first-order valence-corrected chi connectivity index (χ1v) is 13.1. The van der Waals surface area contributed by atoms with E-state index in [2.05, 4.69) is 0 Å². The average molecular weight is 409 g/mol. The molecule has 2 aliphatic heterocycles. The Kier molecular flexibility index (Phi) is 7.50. The molecular formula is C17H32N2O5S2. The van der Waals surface area contributed by atoms with Gasteiger partial charge in [0.05, 0.1) is 23.2 Å². The Hall–Kier alpha value is -0.670. The van der Waals surface area contributed by atoms with Gasteiger partial charge in [-0.3, -0.25) is 4.79 Å². The van der Waals surface area contributed by atoms with Crippen molar-refractivity contribution in [2.24, 2.45) is 5.92 Å². The number of sulfone groups is 1. The number of hydrogen-bond donors (Lipinski definition) is 0. The number of amides is 1. The molecule has 1 amide bonds. The monoisotopic (exact) mass is 408 g/mol. The van der Waals surface area contributed by atoms with Crippen molar-refractivity contribution < 1.29 is 21.6 Å². The van der Waals surface area contributed by atoms with Crippen LogP contribution in [0.5, 0.6) is 0 Å². The van der Waals surface area contributed by atoms with E-state index >= 15 is 0 Å². The third kappa shape index (κ3) is 5.42. The fraction of sp³-hybridized carbons (Fsp3) is 0.941. The number of nitrogens with zero attached hydrogens (tertiary/aromatic N) is 2. The van der Waals surface area contributed by atoms with Gasteiger partial charge in [0.1, 0.15) is 0 Å². The molecule has 0 radical (unpaired) electrons. The van der Waals surface area contributed by atoms with Crippen molar-refractivity contribution in [2.45, 2.75) is 58.4 Å². The molecule has 0 N–H and O–H groups in total. The van der Waals surface area contributed by atoms with Crippen LogP contribution >= 0.6 is 0 Å². The Morgan fingerprint density at radius 1 is 1.19 bits per heavy atom. The minimum Gasteiger partial charge on any atom is -0.338 e. The first-order valence-electron chi connectivity index (χ1n) is 9.69. The second-order valence-corrected chi connectivity index (χ2v) is 11.8. The van der Waals surface area contributed by atoms with Crippen LogP contribution in [0.1, 0.15) is 52.4 Å². The first kappa shape index (κ1) is 21.6. The Morgan fingerprint density at radius 3 is 2.50 bits per heavy atom. The summed E-state index contributed by atoms with van der Waals surface area (Å²) in [6, 6.07) is -0.262. The zero-order chi connectivity index (χ0) is 19.4. The molecule has 2 heterocycles. The lowest BCUT2D eigenvalue weighted by molar-refractivity contribution is -0.138. The lowest BCUT2D eigenvalue weighted by Gasteiger charge is -2.36. The average Bonchev–Trinajstić information content (AvgIpc) is 2.95. The maximum atomic E-state index is 13.1. The molecule has 0 aromatic carbocycles. The van der Waals surface area contributed by atoms with Gasteiger partial charge in [0.25, 0.3) is 0 Å². The van der Waals surface area contributed by atoms with E-state index in [1.807, 2.05) is 13.8 Å². The molecular weight excluding hydrogens is 376 g/mol. The van der Waals surface area contributed by atoms with E-state index < -0.39 is 19.9 Å². The predicted molar refractivity (Wildman–Crippen MR) is 102 cm³/mol. The summed E-state index contributed by atoms with van der Waals surface area (Å²) < 4.78 is 49.9. The number of sulfonamides is 1. The molecule has 0 aliphatic carbocycles. The first-order chi connectivity index (χ1) is 12.2. The van der Waals surface area contributed by atoms with Gasteiger partial charge in [-0.05, 0) is 32.1 Å². The van der Waals surface area contributed by atoms with Crippen LogP contribution in [0.3, 0.4) is 0 Å². The van der Waals surface area contributed by atoms with Gasteiger partial charge in [-0.15, -0.1) is 0 Å². The molecule has 0 aromatic heterocycles. The lowest BCUT2D eigenvalue weighted by atomic mass is 9.97. The maximum absolute atomic E-state index is 13.1. The Morgan fingerprint density at radius 2 is 1.92 bits per heavy atom. The molecule has 2 aliphatic rings. The summed E-state index contributed by atoms with van der Waals surface area (Å²) >= 11 is 0. The molecule has 0 bridgehead atoms. The number of carbonyl (C=O) groups is 1. The van der Waals surface area contributed by atoms with Gasteiger partial charge >= 0.3 is 0 Å². The standard InChI is InChI=1S/C17H32N2O5S2/c1-3-5-10-19(16-8-12-25(21,22)14-16)17(20)15-7-6-9-18(13-15)26(23,24)11-4-2/h15-16H,3-14H2,1-2H3. The highest BCUT2D eigenvalue weighted by Gasteiger charge is 2.39. The van der Waals surface area contributed by atoms with Crippen LogP contribution in [-0.4, -0.2) is 74.9 Å². The van der Waals surface area contributed by atoms with Crippen LogP contribution < -0.4 is 0 Å². The molecule has 2 atom stereocenters. The van der Waals surface area contributed by atoms with E-state index in [1.165, 1.54) is 4.31 Å². The number of hydrogen-bond acceptors (Lipinski definition) is 5. The van der Waals surface area contributed by atoms with Crippen molar-refractivity contribution in [3.63, 3.8) is 0 Å². The van der Waals surface area contributed by atoms with Crippen LogP contribution in [-0.2, 0) is 24.7 Å². The molecule has 2 saturated heterocycles. The zero-order valence-corrected chi connectivity index (χ0v) is 17.5. The number of rotatable bonds is 8. The Labute approximate surface area is 158 Å². The minimum atomic E-state index is -3.31. The Balaban J connectivity index is 2.11. The van der Waals surface area contributed by atoms with E-state index in [-0.39, 0.29) is 41.7 Å². The normalized spacial score (nSPS) is 26.7. The van der Waals surface area contributed by atoms with E-state index in [0.29, 0.717) is 38.8 Å². The third-order valence-corrected chi connectivity index (χ3v) is 9.07. The summed E-state index contributed by atoms with van der Waals surface area (Å²) in [6.07, 6.45) is 4.13. The van der Waals surface area contributed by atoms with Gasteiger partial charge in [0.15, 0.2) is 9.84 Å². The van der Waals surface area contributed by atoms with Gasteiger partial charge in [-0.2, -0.15) is 0 Å². The lowest BCUT2D eigenvalue weighted by Crippen LogP contribution is -2.50. The molecule has 2 rings (SSSR count). The van der Waals surface area contributed by atoms with Gasteiger partial charge < -0.3 is 4.90 Å². The molecule has 2 unspecified atom stereocenters. The molecule has 0 aromatic rings. The highest BCUT2D eigenvalue weighted by atomic mass is 32.2. The summed E-state index contributed by atoms with van der Waals surface area (Å²) in [6.45, 7) is 5.11. The highest BCUT2D eigenvalue weighted by Crippen LogP contribution is 2.26. The molecule has 2 fully saturated rings. The second kappa shape index (κ2) is 9.01. The van der Waals surface area contributed by atoms with E-state index in [1.54, 1.807) is 4.90 Å². The molecule has 9 heteroatoms. The van der Waals surface area contributed by atoms with Gasteiger partial charge in [0, 0.05) is 25.7 Å². The number of piperidine rings is 1. The van der Waals surface area contributed by atoms with Gasteiger partial charge in [-0.25, -0.2) is 21.1 Å². The quantitative estimate of drug-likeness (QED) is 0.603. The van der Waals surface area contributed by atoms with Crippen molar-refractivity contribution in [2.75, 3.05) is 36.9 Å². The predicted octanol–water partition coefficient (Wildman–Crippen LogP) is 1.25. The van der Waals surface area contributed by atoms with Crippen molar-refractivity contribution >= 4 is 25.8 Å².